The van der Waals surface area contributed by atoms with E-state index >= 15 is 0 Å². The number of nitriles is 1. The van der Waals surface area contributed by atoms with Crippen molar-refractivity contribution >= 4 is 0 Å². The minimum Gasteiger partial charge on any atom is -0.198 e. The summed E-state index contributed by atoms with van der Waals surface area (Å²) >= 11 is 0. The maximum absolute atomic E-state index is 9.17. The van der Waals surface area contributed by atoms with E-state index in [1.54, 1.807) is 0 Å². The van der Waals surface area contributed by atoms with Crippen LogP contribution in [0.4, 0.5) is 0 Å². The summed E-state index contributed by atoms with van der Waals surface area (Å²) in [7, 11) is 0. The molecule has 0 aromatic rings. The molecule has 2 aliphatic carbocycles. The Bertz CT molecular complexity index is 278. The Hall–Kier alpha value is -0.510. The molecule has 2 fully saturated rings. The van der Waals surface area contributed by atoms with Crippen LogP contribution in [0.5, 0.6) is 0 Å². The van der Waals surface area contributed by atoms with Gasteiger partial charge in [0, 0.05) is 5.92 Å². The lowest BCUT2D eigenvalue weighted by Crippen LogP contribution is -2.36. The predicted molar refractivity (Wildman–Crippen MR) is 71.3 cm³/mol. The SMILES string of the molecule is CCCC[C@H]1CCC2C(CC[C@H](C#N)[C@@H]2C)C1. The monoisotopic (exact) mass is 233 g/mol. The summed E-state index contributed by atoms with van der Waals surface area (Å²) in [5, 5.41) is 9.17. The standard InChI is InChI=1S/C16H27N/c1-3-4-5-13-6-9-16-12(2)15(11-17)8-7-14(16)10-13/h12-16H,3-10H2,1-2H3/t12-,13-,14?,15+,16?/m0/s1. The first-order valence-corrected chi connectivity index (χ1v) is 7.65. The van der Waals surface area contributed by atoms with Gasteiger partial charge in [-0.1, -0.05) is 39.5 Å². The summed E-state index contributed by atoms with van der Waals surface area (Å²) in [6.45, 7) is 4.63. The van der Waals surface area contributed by atoms with Gasteiger partial charge in [-0.15, -0.1) is 0 Å². The number of hydrogen-bond acceptors (Lipinski definition) is 1. The van der Waals surface area contributed by atoms with Crippen LogP contribution in [0.1, 0.15) is 65.2 Å². The molecule has 0 saturated heterocycles. The van der Waals surface area contributed by atoms with Crippen molar-refractivity contribution in [3.05, 3.63) is 0 Å². The lowest BCUT2D eigenvalue weighted by Gasteiger charge is -2.44. The molecular weight excluding hydrogens is 206 g/mol. The summed E-state index contributed by atoms with van der Waals surface area (Å²) < 4.78 is 0. The van der Waals surface area contributed by atoms with E-state index < -0.39 is 0 Å². The van der Waals surface area contributed by atoms with Gasteiger partial charge < -0.3 is 0 Å². The Labute approximate surface area is 107 Å². The molecule has 2 unspecified atom stereocenters. The van der Waals surface area contributed by atoms with Gasteiger partial charge in [-0.05, 0) is 49.4 Å². The van der Waals surface area contributed by atoms with Crippen molar-refractivity contribution in [2.45, 2.75) is 65.2 Å². The highest BCUT2D eigenvalue weighted by atomic mass is 14.5. The van der Waals surface area contributed by atoms with Gasteiger partial charge in [-0.3, -0.25) is 0 Å². The molecule has 1 nitrogen and oxygen atoms in total. The minimum absolute atomic E-state index is 0.350. The van der Waals surface area contributed by atoms with Crippen LogP contribution in [0, 0.1) is 40.9 Å². The van der Waals surface area contributed by atoms with E-state index in [1.165, 1.54) is 51.4 Å². The largest absolute Gasteiger partial charge is 0.198 e. The van der Waals surface area contributed by atoms with Crippen molar-refractivity contribution in [1.82, 2.24) is 0 Å². The fraction of sp³-hybridized carbons (Fsp3) is 0.938. The summed E-state index contributed by atoms with van der Waals surface area (Å²) in [4.78, 5) is 0. The molecular formula is C16H27N. The lowest BCUT2D eigenvalue weighted by molar-refractivity contribution is 0.0591. The van der Waals surface area contributed by atoms with Crippen molar-refractivity contribution in [2.75, 3.05) is 0 Å². The van der Waals surface area contributed by atoms with Crippen LogP contribution in [-0.4, -0.2) is 0 Å². The molecule has 96 valence electrons. The van der Waals surface area contributed by atoms with Gasteiger partial charge in [0.25, 0.3) is 0 Å². The van der Waals surface area contributed by atoms with Crippen LogP contribution >= 0.6 is 0 Å². The summed E-state index contributed by atoms with van der Waals surface area (Å²) in [5.74, 6) is 3.83. The first-order chi connectivity index (χ1) is 8.26. The highest BCUT2D eigenvalue weighted by Crippen LogP contribution is 2.48. The Morgan fingerprint density at radius 3 is 2.71 bits per heavy atom. The number of hydrogen-bond donors (Lipinski definition) is 0. The smallest absolute Gasteiger partial charge is 0.0658 e. The zero-order valence-corrected chi connectivity index (χ0v) is 11.5. The molecule has 1 heteroatoms. The molecule has 2 saturated carbocycles. The quantitative estimate of drug-likeness (QED) is 0.688. The van der Waals surface area contributed by atoms with Gasteiger partial charge in [-0.25, -0.2) is 0 Å². The molecule has 0 heterocycles. The van der Waals surface area contributed by atoms with Crippen LogP contribution in [0.25, 0.3) is 0 Å². The average molecular weight is 233 g/mol. The molecule has 0 amide bonds. The summed E-state index contributed by atoms with van der Waals surface area (Å²) in [6.07, 6.45) is 11.0. The van der Waals surface area contributed by atoms with E-state index in [9.17, 15) is 0 Å². The van der Waals surface area contributed by atoms with Crippen LogP contribution < -0.4 is 0 Å². The maximum atomic E-state index is 9.17. The van der Waals surface area contributed by atoms with Crippen LogP contribution in [0.15, 0.2) is 0 Å². The van der Waals surface area contributed by atoms with E-state index in [0.29, 0.717) is 11.8 Å². The molecule has 5 atom stereocenters. The second kappa shape index (κ2) is 5.89. The molecule has 2 rings (SSSR count). The van der Waals surface area contributed by atoms with E-state index in [1.807, 2.05) is 0 Å². The van der Waals surface area contributed by atoms with Crippen molar-refractivity contribution in [2.24, 2.45) is 29.6 Å². The van der Waals surface area contributed by atoms with Crippen LogP contribution in [-0.2, 0) is 0 Å². The summed E-state index contributed by atoms with van der Waals surface area (Å²) in [5.41, 5.74) is 0. The number of nitrogens with zero attached hydrogens (tertiary/aromatic N) is 1. The van der Waals surface area contributed by atoms with Crippen molar-refractivity contribution in [1.29, 1.82) is 5.26 Å². The van der Waals surface area contributed by atoms with Gasteiger partial charge in [0.15, 0.2) is 0 Å². The van der Waals surface area contributed by atoms with Crippen molar-refractivity contribution < 1.29 is 0 Å². The van der Waals surface area contributed by atoms with Crippen LogP contribution in [0.3, 0.4) is 0 Å². The molecule has 17 heavy (non-hydrogen) atoms. The maximum Gasteiger partial charge on any atom is 0.0658 e. The van der Waals surface area contributed by atoms with Gasteiger partial charge in [0.05, 0.1) is 6.07 Å². The van der Waals surface area contributed by atoms with Gasteiger partial charge in [0.1, 0.15) is 0 Å². The second-order valence-electron chi connectivity index (χ2n) is 6.42. The third-order valence-corrected chi connectivity index (χ3v) is 5.44. The highest BCUT2D eigenvalue weighted by molar-refractivity contribution is 4.97. The van der Waals surface area contributed by atoms with Gasteiger partial charge in [0.2, 0.25) is 0 Å². The zero-order chi connectivity index (χ0) is 12.3. The molecule has 0 radical (unpaired) electrons. The Morgan fingerprint density at radius 2 is 2.00 bits per heavy atom. The Kier molecular flexibility index (Phi) is 4.48. The number of unbranched alkanes of at least 4 members (excludes halogenated alkanes) is 1. The molecule has 0 spiro atoms. The first-order valence-electron chi connectivity index (χ1n) is 7.65. The fourth-order valence-electron chi connectivity index (χ4n) is 4.30. The van der Waals surface area contributed by atoms with Crippen molar-refractivity contribution in [3.63, 3.8) is 0 Å². The van der Waals surface area contributed by atoms with Gasteiger partial charge >= 0.3 is 0 Å². The number of fused-ring (bicyclic) bond motifs is 1. The Balaban J connectivity index is 1.89. The predicted octanol–water partition coefficient (Wildman–Crippen LogP) is 4.78. The fourth-order valence-corrected chi connectivity index (χ4v) is 4.30. The first kappa shape index (κ1) is 12.9. The van der Waals surface area contributed by atoms with E-state index in [0.717, 1.165) is 17.8 Å². The average Bonchev–Trinajstić information content (AvgIpc) is 2.37. The zero-order valence-electron chi connectivity index (χ0n) is 11.5. The molecule has 0 bridgehead atoms. The Morgan fingerprint density at radius 1 is 1.18 bits per heavy atom. The molecule has 0 aliphatic heterocycles. The molecule has 0 aromatic heterocycles. The minimum atomic E-state index is 0.350. The normalized spacial score (nSPS) is 41.6. The van der Waals surface area contributed by atoms with E-state index in [4.69, 9.17) is 5.26 Å². The molecule has 2 aliphatic rings. The molecule has 0 N–H and O–H groups in total. The third kappa shape index (κ3) is 2.84. The number of rotatable bonds is 3. The lowest BCUT2D eigenvalue weighted by atomic mass is 9.60. The third-order valence-electron chi connectivity index (χ3n) is 5.44. The van der Waals surface area contributed by atoms with Crippen molar-refractivity contribution in [3.8, 4) is 6.07 Å². The summed E-state index contributed by atoms with van der Waals surface area (Å²) in [6, 6.07) is 2.53. The second-order valence-corrected chi connectivity index (χ2v) is 6.42. The highest BCUT2D eigenvalue weighted by Gasteiger charge is 2.39. The molecule has 0 aromatic carbocycles. The van der Waals surface area contributed by atoms with E-state index in [-0.39, 0.29) is 0 Å². The van der Waals surface area contributed by atoms with Crippen LogP contribution in [0.2, 0.25) is 0 Å². The van der Waals surface area contributed by atoms with E-state index in [2.05, 4.69) is 19.9 Å². The topological polar surface area (TPSA) is 23.8 Å². The van der Waals surface area contributed by atoms with Gasteiger partial charge in [-0.2, -0.15) is 5.26 Å².